The Balaban J connectivity index is 2.00. The third kappa shape index (κ3) is 2.76. The number of rotatable bonds is 6. The summed E-state index contributed by atoms with van der Waals surface area (Å²) in [7, 11) is 0. The number of anilines is 1. The van der Waals surface area contributed by atoms with Crippen LogP contribution in [-0.2, 0) is 10.4 Å². The molecule has 0 radical (unpaired) electrons. The second-order valence-electron chi connectivity index (χ2n) is 6.21. The number of carbonyl (C=O) groups excluding carboxylic acids is 2. The van der Waals surface area contributed by atoms with Crippen molar-refractivity contribution in [2.24, 2.45) is 0 Å². The standard InChI is InChI=1S/C19H18N2O5/c1-2-11-20-16-10-6-4-8-14(16)19(24,18(20)23)12-17(22)13-7-3-5-9-15(13)21(25)26/h3-10,24H,2,11-12H2,1H3. The molecule has 2 aromatic rings. The fourth-order valence-electron chi connectivity index (χ4n) is 3.32. The summed E-state index contributed by atoms with van der Waals surface area (Å²) in [5.74, 6) is -1.23. The molecule has 0 aliphatic carbocycles. The van der Waals surface area contributed by atoms with E-state index in [-0.39, 0.29) is 11.3 Å². The lowest BCUT2D eigenvalue weighted by Crippen LogP contribution is -2.42. The first kappa shape index (κ1) is 17.8. The van der Waals surface area contributed by atoms with Gasteiger partial charge in [-0.1, -0.05) is 37.3 Å². The molecule has 26 heavy (non-hydrogen) atoms. The van der Waals surface area contributed by atoms with Crippen molar-refractivity contribution in [1.82, 2.24) is 0 Å². The van der Waals surface area contributed by atoms with Crippen LogP contribution >= 0.6 is 0 Å². The molecule has 3 rings (SSSR count). The molecule has 2 aromatic carbocycles. The molecule has 1 aliphatic heterocycles. The summed E-state index contributed by atoms with van der Waals surface area (Å²) in [5, 5.41) is 22.2. The van der Waals surface area contributed by atoms with Crippen LogP contribution in [-0.4, -0.2) is 28.3 Å². The maximum atomic E-state index is 12.8. The zero-order valence-corrected chi connectivity index (χ0v) is 14.2. The number of amides is 1. The summed E-state index contributed by atoms with van der Waals surface area (Å²) in [6.45, 7) is 2.32. The van der Waals surface area contributed by atoms with Gasteiger partial charge in [-0.15, -0.1) is 0 Å². The summed E-state index contributed by atoms with van der Waals surface area (Å²) >= 11 is 0. The minimum absolute atomic E-state index is 0.120. The van der Waals surface area contributed by atoms with Gasteiger partial charge in [0.1, 0.15) is 0 Å². The van der Waals surface area contributed by atoms with E-state index in [0.29, 0.717) is 24.2 Å². The van der Waals surface area contributed by atoms with Crippen molar-refractivity contribution in [2.75, 3.05) is 11.4 Å². The maximum absolute atomic E-state index is 12.8. The Morgan fingerprint density at radius 1 is 1.19 bits per heavy atom. The number of aliphatic hydroxyl groups is 1. The number of nitro benzene ring substituents is 1. The van der Waals surface area contributed by atoms with Gasteiger partial charge in [-0.2, -0.15) is 0 Å². The molecule has 0 aromatic heterocycles. The van der Waals surface area contributed by atoms with Gasteiger partial charge in [0.05, 0.1) is 22.6 Å². The fourth-order valence-corrected chi connectivity index (χ4v) is 3.32. The number of para-hydroxylation sites is 2. The van der Waals surface area contributed by atoms with Crippen LogP contribution in [0.3, 0.4) is 0 Å². The van der Waals surface area contributed by atoms with Crippen molar-refractivity contribution in [1.29, 1.82) is 0 Å². The molecule has 0 fully saturated rings. The van der Waals surface area contributed by atoms with Crippen molar-refractivity contribution in [2.45, 2.75) is 25.4 Å². The molecule has 1 aliphatic rings. The molecule has 7 heteroatoms. The van der Waals surface area contributed by atoms with Gasteiger partial charge >= 0.3 is 0 Å². The number of nitrogens with zero attached hydrogens (tertiary/aromatic N) is 2. The van der Waals surface area contributed by atoms with Crippen LogP contribution in [0, 0.1) is 10.1 Å². The van der Waals surface area contributed by atoms with Crippen LogP contribution in [0.1, 0.15) is 35.7 Å². The molecule has 1 heterocycles. The Morgan fingerprint density at radius 2 is 1.85 bits per heavy atom. The Morgan fingerprint density at radius 3 is 2.54 bits per heavy atom. The van der Waals surface area contributed by atoms with Crippen LogP contribution in [0.4, 0.5) is 11.4 Å². The lowest BCUT2D eigenvalue weighted by molar-refractivity contribution is -0.385. The van der Waals surface area contributed by atoms with E-state index in [1.807, 2.05) is 6.92 Å². The molecule has 134 valence electrons. The molecule has 1 atom stereocenters. The number of hydrogen-bond acceptors (Lipinski definition) is 5. The normalized spacial score (nSPS) is 18.7. The first-order chi connectivity index (χ1) is 12.4. The van der Waals surface area contributed by atoms with Crippen LogP contribution in [0.5, 0.6) is 0 Å². The van der Waals surface area contributed by atoms with E-state index in [2.05, 4.69) is 0 Å². The average Bonchev–Trinajstić information content (AvgIpc) is 2.84. The average molecular weight is 354 g/mol. The van der Waals surface area contributed by atoms with E-state index < -0.39 is 28.6 Å². The topological polar surface area (TPSA) is 101 Å². The Bertz CT molecular complexity index is 895. The van der Waals surface area contributed by atoms with Gasteiger partial charge in [0.2, 0.25) is 0 Å². The number of benzene rings is 2. The molecule has 0 saturated heterocycles. The fraction of sp³-hybridized carbons (Fsp3) is 0.263. The van der Waals surface area contributed by atoms with E-state index in [4.69, 9.17) is 0 Å². The SMILES string of the molecule is CCCN1C(=O)C(O)(CC(=O)c2ccccc2[N+](=O)[O-])c2ccccc21. The highest BCUT2D eigenvalue weighted by Gasteiger charge is 2.50. The molecule has 0 bridgehead atoms. The minimum Gasteiger partial charge on any atom is -0.375 e. The van der Waals surface area contributed by atoms with Crippen molar-refractivity contribution in [3.8, 4) is 0 Å². The number of fused-ring (bicyclic) bond motifs is 1. The van der Waals surface area contributed by atoms with Crippen molar-refractivity contribution < 1.29 is 19.6 Å². The van der Waals surface area contributed by atoms with E-state index in [0.717, 1.165) is 0 Å². The number of Topliss-reactive ketones (excluding diaryl/α,β-unsaturated/α-hetero) is 1. The highest BCUT2D eigenvalue weighted by atomic mass is 16.6. The van der Waals surface area contributed by atoms with E-state index in [9.17, 15) is 24.8 Å². The van der Waals surface area contributed by atoms with Crippen molar-refractivity contribution in [3.63, 3.8) is 0 Å². The highest BCUT2D eigenvalue weighted by molar-refractivity contribution is 6.11. The number of carbonyl (C=O) groups is 2. The minimum atomic E-state index is -2.02. The highest BCUT2D eigenvalue weighted by Crippen LogP contribution is 2.43. The second kappa shape index (κ2) is 6.68. The van der Waals surface area contributed by atoms with Gasteiger partial charge in [0.15, 0.2) is 11.4 Å². The lowest BCUT2D eigenvalue weighted by Gasteiger charge is -2.22. The zero-order valence-electron chi connectivity index (χ0n) is 14.2. The molecule has 1 amide bonds. The lowest BCUT2D eigenvalue weighted by atomic mass is 9.88. The molecule has 1 unspecified atom stereocenters. The largest absolute Gasteiger partial charge is 0.375 e. The van der Waals surface area contributed by atoms with Crippen LogP contribution < -0.4 is 4.90 Å². The predicted molar refractivity (Wildman–Crippen MR) is 95.0 cm³/mol. The van der Waals surface area contributed by atoms with Crippen LogP contribution in [0.15, 0.2) is 48.5 Å². The molecule has 0 saturated carbocycles. The van der Waals surface area contributed by atoms with Gasteiger partial charge in [-0.05, 0) is 18.6 Å². The van der Waals surface area contributed by atoms with Gasteiger partial charge in [-0.3, -0.25) is 19.7 Å². The Labute approximate surface area is 150 Å². The van der Waals surface area contributed by atoms with Gasteiger partial charge in [-0.25, -0.2) is 0 Å². The van der Waals surface area contributed by atoms with Crippen LogP contribution in [0.25, 0.3) is 0 Å². The third-order valence-corrected chi connectivity index (χ3v) is 4.50. The maximum Gasteiger partial charge on any atom is 0.280 e. The Kier molecular flexibility index (Phi) is 4.56. The molecule has 0 spiro atoms. The first-order valence-electron chi connectivity index (χ1n) is 8.30. The van der Waals surface area contributed by atoms with Gasteiger partial charge < -0.3 is 10.0 Å². The molecule has 1 N–H and O–H groups in total. The predicted octanol–water partition coefficient (Wildman–Crippen LogP) is 2.81. The summed E-state index contributed by atoms with van der Waals surface area (Å²) in [5.41, 5.74) is -1.56. The monoisotopic (exact) mass is 354 g/mol. The van der Waals surface area contributed by atoms with E-state index >= 15 is 0 Å². The molecule has 7 nitrogen and oxygen atoms in total. The van der Waals surface area contributed by atoms with Crippen molar-refractivity contribution >= 4 is 23.1 Å². The first-order valence-corrected chi connectivity index (χ1v) is 8.30. The third-order valence-electron chi connectivity index (χ3n) is 4.50. The number of ketones is 1. The summed E-state index contributed by atoms with van der Waals surface area (Å²) in [6.07, 6.45) is 0.141. The van der Waals surface area contributed by atoms with Crippen molar-refractivity contribution in [3.05, 3.63) is 69.8 Å². The summed E-state index contributed by atoms with van der Waals surface area (Å²) < 4.78 is 0. The zero-order chi connectivity index (χ0) is 18.9. The summed E-state index contributed by atoms with van der Waals surface area (Å²) in [6, 6.07) is 12.3. The summed E-state index contributed by atoms with van der Waals surface area (Å²) in [4.78, 5) is 37.5. The van der Waals surface area contributed by atoms with E-state index in [1.54, 1.807) is 24.3 Å². The smallest absolute Gasteiger partial charge is 0.280 e. The number of nitro groups is 1. The Hall–Kier alpha value is -3.06. The van der Waals surface area contributed by atoms with Gasteiger partial charge in [0.25, 0.3) is 11.6 Å². The van der Waals surface area contributed by atoms with Gasteiger partial charge in [0, 0.05) is 18.2 Å². The van der Waals surface area contributed by atoms with Crippen LogP contribution in [0.2, 0.25) is 0 Å². The van der Waals surface area contributed by atoms with E-state index in [1.165, 1.54) is 29.2 Å². The molecular weight excluding hydrogens is 336 g/mol. The quantitative estimate of drug-likeness (QED) is 0.488. The number of hydrogen-bond donors (Lipinski definition) is 1. The molecular formula is C19H18N2O5. The second-order valence-corrected chi connectivity index (χ2v) is 6.21.